The van der Waals surface area contributed by atoms with E-state index in [0.29, 0.717) is 17.1 Å². The van der Waals surface area contributed by atoms with Gasteiger partial charge >= 0.3 is 0 Å². The number of nitrogens with zero attached hydrogens (tertiary/aromatic N) is 1. The molecular weight excluding hydrogens is 176 g/mol. The van der Waals surface area contributed by atoms with Crippen LogP contribution in [-0.2, 0) is 5.41 Å². The second-order valence-corrected chi connectivity index (χ2v) is 4.04. The van der Waals surface area contributed by atoms with Gasteiger partial charge in [-0.1, -0.05) is 32.4 Å². The first-order chi connectivity index (χ1) is 5.46. The van der Waals surface area contributed by atoms with Crippen molar-refractivity contribution in [2.24, 2.45) is 0 Å². The normalized spacial score (nSPS) is 11.7. The van der Waals surface area contributed by atoms with E-state index >= 15 is 0 Å². The van der Waals surface area contributed by atoms with E-state index in [1.165, 1.54) is 0 Å². The quantitative estimate of drug-likeness (QED) is 0.684. The number of hydrogen-bond donors (Lipinski definition) is 1. The van der Waals surface area contributed by atoms with Crippen molar-refractivity contribution in [3.63, 3.8) is 0 Å². The summed E-state index contributed by atoms with van der Waals surface area (Å²) in [4.78, 5) is 10.5. The molecule has 4 heteroatoms. The minimum absolute atomic E-state index is 0.152. The lowest BCUT2D eigenvalue weighted by Crippen LogP contribution is -2.13. The number of halogens is 1. The molecule has 12 heavy (non-hydrogen) atoms. The minimum Gasteiger partial charge on any atom is -0.296 e. The number of hydrogen-bond acceptors (Lipinski definition) is 2. The number of aromatic amines is 1. The Balaban J connectivity index is 3.28. The summed E-state index contributed by atoms with van der Waals surface area (Å²) in [5, 5.41) is 6.80. The van der Waals surface area contributed by atoms with Crippen LogP contribution in [0.2, 0.25) is 5.15 Å². The SMILES string of the molecule is CC(C)(C)c1c(C=O)n[nH]c1Cl. The van der Waals surface area contributed by atoms with Crippen molar-refractivity contribution >= 4 is 17.9 Å². The van der Waals surface area contributed by atoms with E-state index in [0.717, 1.165) is 5.56 Å². The van der Waals surface area contributed by atoms with E-state index in [1.54, 1.807) is 0 Å². The van der Waals surface area contributed by atoms with Crippen LogP contribution in [0.15, 0.2) is 0 Å². The first-order valence-electron chi connectivity index (χ1n) is 3.66. The Morgan fingerprint density at radius 2 is 2.08 bits per heavy atom. The summed E-state index contributed by atoms with van der Waals surface area (Å²) in [5.41, 5.74) is 1.02. The smallest absolute Gasteiger partial charge is 0.170 e. The van der Waals surface area contributed by atoms with Gasteiger partial charge in [0.25, 0.3) is 0 Å². The maximum Gasteiger partial charge on any atom is 0.170 e. The van der Waals surface area contributed by atoms with E-state index in [9.17, 15) is 4.79 Å². The van der Waals surface area contributed by atoms with E-state index in [-0.39, 0.29) is 5.41 Å². The maximum absolute atomic E-state index is 10.5. The average Bonchev–Trinajstić information content (AvgIpc) is 2.29. The average molecular weight is 187 g/mol. The molecule has 0 aliphatic heterocycles. The van der Waals surface area contributed by atoms with Crippen molar-refractivity contribution in [1.82, 2.24) is 10.2 Å². The Hall–Kier alpha value is -0.830. The Bertz CT molecular complexity index is 298. The maximum atomic E-state index is 10.5. The number of rotatable bonds is 1. The van der Waals surface area contributed by atoms with Crippen molar-refractivity contribution in [3.8, 4) is 0 Å². The zero-order valence-corrected chi connectivity index (χ0v) is 8.07. The number of carbonyl (C=O) groups excluding carboxylic acids is 1. The van der Waals surface area contributed by atoms with Gasteiger partial charge in [-0.05, 0) is 5.41 Å². The third kappa shape index (κ3) is 1.50. The van der Waals surface area contributed by atoms with Crippen LogP contribution in [-0.4, -0.2) is 16.5 Å². The highest BCUT2D eigenvalue weighted by molar-refractivity contribution is 6.30. The number of aromatic nitrogens is 2. The topological polar surface area (TPSA) is 45.8 Å². The van der Waals surface area contributed by atoms with Crippen molar-refractivity contribution in [2.75, 3.05) is 0 Å². The summed E-state index contributed by atoms with van der Waals surface area (Å²) < 4.78 is 0. The van der Waals surface area contributed by atoms with E-state index in [2.05, 4.69) is 10.2 Å². The van der Waals surface area contributed by atoms with Gasteiger partial charge in [-0.2, -0.15) is 5.10 Å². The lowest BCUT2D eigenvalue weighted by molar-refractivity contribution is 0.111. The molecule has 3 nitrogen and oxygen atoms in total. The first kappa shape index (κ1) is 9.26. The standard InChI is InChI=1S/C8H11ClN2O/c1-8(2,3)6-5(4-12)10-11-7(6)9/h4H,1-3H3,(H,10,11). The molecule has 1 heterocycles. The van der Waals surface area contributed by atoms with Crippen LogP contribution in [0.25, 0.3) is 0 Å². The van der Waals surface area contributed by atoms with Crippen LogP contribution in [0, 0.1) is 0 Å². The summed E-state index contributed by atoms with van der Waals surface area (Å²) >= 11 is 5.83. The number of carbonyl (C=O) groups is 1. The number of H-pyrrole nitrogens is 1. The van der Waals surface area contributed by atoms with Gasteiger partial charge in [0.05, 0.1) is 0 Å². The Morgan fingerprint density at radius 3 is 2.42 bits per heavy atom. The first-order valence-corrected chi connectivity index (χ1v) is 4.04. The summed E-state index contributed by atoms with van der Waals surface area (Å²) in [6.07, 6.45) is 0.711. The lowest BCUT2D eigenvalue weighted by Gasteiger charge is -2.17. The third-order valence-electron chi connectivity index (χ3n) is 1.61. The van der Waals surface area contributed by atoms with Gasteiger partial charge < -0.3 is 0 Å². The van der Waals surface area contributed by atoms with Crippen LogP contribution in [0.3, 0.4) is 0 Å². The molecule has 0 spiro atoms. The molecule has 0 unspecified atom stereocenters. The fourth-order valence-electron chi connectivity index (χ4n) is 1.13. The highest BCUT2D eigenvalue weighted by atomic mass is 35.5. The van der Waals surface area contributed by atoms with Gasteiger partial charge in [-0.3, -0.25) is 9.89 Å². The molecule has 0 aliphatic rings. The molecule has 0 saturated carbocycles. The van der Waals surface area contributed by atoms with Gasteiger partial charge in [0.2, 0.25) is 0 Å². The molecule has 0 aromatic carbocycles. The van der Waals surface area contributed by atoms with Gasteiger partial charge in [0.15, 0.2) is 6.29 Å². The zero-order chi connectivity index (χ0) is 9.35. The molecule has 66 valence electrons. The fourth-order valence-corrected chi connectivity index (χ4v) is 1.55. The van der Waals surface area contributed by atoms with Crippen LogP contribution in [0.4, 0.5) is 0 Å². The van der Waals surface area contributed by atoms with E-state index < -0.39 is 0 Å². The number of nitrogens with one attached hydrogen (secondary N) is 1. The monoisotopic (exact) mass is 186 g/mol. The van der Waals surface area contributed by atoms with Gasteiger partial charge in [0, 0.05) is 5.56 Å². The molecule has 0 radical (unpaired) electrons. The van der Waals surface area contributed by atoms with Crippen molar-refractivity contribution in [3.05, 3.63) is 16.4 Å². The molecule has 0 atom stereocenters. The predicted octanol–water partition coefficient (Wildman–Crippen LogP) is 2.17. The number of aldehydes is 1. The second-order valence-electron chi connectivity index (χ2n) is 3.67. The molecular formula is C8H11ClN2O. The van der Waals surface area contributed by atoms with Crippen LogP contribution >= 0.6 is 11.6 Å². The molecule has 1 N–H and O–H groups in total. The zero-order valence-electron chi connectivity index (χ0n) is 7.31. The second kappa shape index (κ2) is 2.90. The molecule has 1 rings (SSSR count). The molecule has 1 aromatic heterocycles. The summed E-state index contributed by atoms with van der Waals surface area (Å²) in [5.74, 6) is 0. The van der Waals surface area contributed by atoms with Crippen LogP contribution < -0.4 is 0 Å². The minimum atomic E-state index is -0.152. The van der Waals surface area contributed by atoms with E-state index in [4.69, 9.17) is 11.6 Å². The fraction of sp³-hybridized carbons (Fsp3) is 0.500. The Morgan fingerprint density at radius 1 is 1.50 bits per heavy atom. The predicted molar refractivity (Wildman–Crippen MR) is 47.7 cm³/mol. The van der Waals surface area contributed by atoms with Crippen molar-refractivity contribution < 1.29 is 4.79 Å². The highest BCUT2D eigenvalue weighted by Crippen LogP contribution is 2.29. The van der Waals surface area contributed by atoms with Crippen molar-refractivity contribution in [2.45, 2.75) is 26.2 Å². The van der Waals surface area contributed by atoms with Gasteiger partial charge in [-0.15, -0.1) is 0 Å². The summed E-state index contributed by atoms with van der Waals surface area (Å²) in [6.45, 7) is 5.95. The Labute approximate surface area is 76.1 Å². The molecule has 0 saturated heterocycles. The summed E-state index contributed by atoms with van der Waals surface area (Å²) in [7, 11) is 0. The molecule has 0 fully saturated rings. The Kier molecular flexibility index (Phi) is 2.24. The van der Waals surface area contributed by atoms with Crippen molar-refractivity contribution in [1.29, 1.82) is 0 Å². The van der Waals surface area contributed by atoms with Gasteiger partial charge in [0.1, 0.15) is 10.8 Å². The molecule has 0 bridgehead atoms. The molecule has 1 aromatic rings. The highest BCUT2D eigenvalue weighted by Gasteiger charge is 2.23. The lowest BCUT2D eigenvalue weighted by atomic mass is 9.87. The van der Waals surface area contributed by atoms with Crippen LogP contribution in [0.1, 0.15) is 36.8 Å². The largest absolute Gasteiger partial charge is 0.296 e. The van der Waals surface area contributed by atoms with E-state index in [1.807, 2.05) is 20.8 Å². The summed E-state index contributed by atoms with van der Waals surface area (Å²) in [6, 6.07) is 0. The van der Waals surface area contributed by atoms with Crippen LogP contribution in [0.5, 0.6) is 0 Å². The van der Waals surface area contributed by atoms with Gasteiger partial charge in [-0.25, -0.2) is 0 Å². The molecule has 0 aliphatic carbocycles. The third-order valence-corrected chi connectivity index (χ3v) is 1.89. The molecule has 0 amide bonds.